The maximum Gasteiger partial charge on any atom is 0.149 e. The first-order chi connectivity index (χ1) is 27.8. The fraction of sp³-hybridized carbons (Fsp3) is 0.222. The lowest BCUT2D eigenvalue weighted by atomic mass is 9.62. The lowest BCUT2D eigenvalue weighted by Crippen LogP contribution is -2.34. The molecule has 0 fully saturated rings. The summed E-state index contributed by atoms with van der Waals surface area (Å²) in [6.45, 7) is 15.9. The predicted octanol–water partition coefficient (Wildman–Crippen LogP) is 14.1. The Hall–Kier alpha value is -6.26. The summed E-state index contributed by atoms with van der Waals surface area (Å²) < 4.78 is 2.27. The Labute approximate surface area is 342 Å². The summed E-state index contributed by atoms with van der Waals surface area (Å²) in [6.07, 6.45) is 3.98. The van der Waals surface area contributed by atoms with Crippen LogP contribution < -0.4 is 0 Å². The third-order valence-corrected chi connectivity index (χ3v) is 12.4. The zero-order chi connectivity index (χ0) is 40.4. The number of aromatic hydroxyl groups is 1. The summed E-state index contributed by atoms with van der Waals surface area (Å²) in [4.78, 5) is 10.5. The third-order valence-electron chi connectivity index (χ3n) is 12.4. The number of aromatic nitrogens is 3. The highest BCUT2D eigenvalue weighted by Crippen LogP contribution is 2.52. The van der Waals surface area contributed by atoms with Gasteiger partial charge in [-0.2, -0.15) is 0 Å². The maximum absolute atomic E-state index is 12.6. The van der Waals surface area contributed by atoms with Crippen molar-refractivity contribution in [2.75, 3.05) is 0 Å². The normalized spacial score (nSPS) is 14.7. The predicted molar refractivity (Wildman–Crippen MR) is 242 cm³/mol. The van der Waals surface area contributed by atoms with Crippen LogP contribution >= 0.6 is 0 Å². The summed E-state index contributed by atoms with van der Waals surface area (Å²) in [6, 6.07) is 51.5. The molecule has 288 valence electrons. The van der Waals surface area contributed by atoms with Gasteiger partial charge >= 0.3 is 0 Å². The van der Waals surface area contributed by atoms with Gasteiger partial charge in [-0.25, -0.2) is 4.98 Å². The topological polar surface area (TPSA) is 50.9 Å². The maximum atomic E-state index is 12.6. The molecule has 0 saturated heterocycles. The van der Waals surface area contributed by atoms with Crippen LogP contribution in [0.4, 0.5) is 0 Å². The summed E-state index contributed by atoms with van der Waals surface area (Å²) in [5.41, 5.74) is 15.3. The van der Waals surface area contributed by atoms with Gasteiger partial charge in [-0.3, -0.25) is 9.55 Å². The molecule has 0 amide bonds. The van der Waals surface area contributed by atoms with Gasteiger partial charge in [-0.05, 0) is 105 Å². The number of phenolic OH excluding ortho intramolecular Hbond substituents is 1. The van der Waals surface area contributed by atoms with Gasteiger partial charge in [0.05, 0.1) is 28.0 Å². The minimum atomic E-state index is -0.190. The molecule has 0 bridgehead atoms. The molecule has 1 aliphatic carbocycles. The minimum Gasteiger partial charge on any atom is -0.507 e. The van der Waals surface area contributed by atoms with Gasteiger partial charge in [-0.1, -0.05) is 152 Å². The van der Waals surface area contributed by atoms with Gasteiger partial charge in [0.25, 0.3) is 0 Å². The van der Waals surface area contributed by atoms with Gasteiger partial charge in [0.15, 0.2) is 0 Å². The number of phenols is 1. The van der Waals surface area contributed by atoms with Crippen LogP contribution in [0.25, 0.3) is 72.7 Å². The van der Waals surface area contributed by atoms with Crippen molar-refractivity contribution in [3.05, 3.63) is 168 Å². The number of para-hydroxylation sites is 2. The van der Waals surface area contributed by atoms with Crippen molar-refractivity contribution in [3.8, 4) is 67.5 Å². The molecule has 4 heteroatoms. The Kier molecular flexibility index (Phi) is 9.00. The van der Waals surface area contributed by atoms with Crippen LogP contribution in [0.5, 0.6) is 5.75 Å². The molecule has 0 unspecified atom stereocenters. The second kappa shape index (κ2) is 14.0. The molecule has 2 heterocycles. The molecule has 0 atom stereocenters. The van der Waals surface area contributed by atoms with Crippen molar-refractivity contribution >= 4 is 11.0 Å². The highest BCUT2D eigenvalue weighted by atomic mass is 16.3. The van der Waals surface area contributed by atoms with Gasteiger partial charge < -0.3 is 5.11 Å². The van der Waals surface area contributed by atoms with Gasteiger partial charge in [0, 0.05) is 28.5 Å². The molecule has 6 aromatic carbocycles. The van der Waals surface area contributed by atoms with E-state index >= 15 is 0 Å². The number of pyridine rings is 1. The molecular formula is C54H51N3O. The summed E-state index contributed by atoms with van der Waals surface area (Å²) >= 11 is 0. The van der Waals surface area contributed by atoms with Crippen LogP contribution in [0.1, 0.15) is 78.0 Å². The largest absolute Gasteiger partial charge is 0.507 e. The van der Waals surface area contributed by atoms with Crippen molar-refractivity contribution in [1.29, 1.82) is 0 Å². The number of benzene rings is 6. The highest BCUT2D eigenvalue weighted by molar-refractivity contribution is 5.98. The zero-order valence-corrected chi connectivity index (χ0v) is 34.6. The Morgan fingerprint density at radius 1 is 0.569 bits per heavy atom. The molecule has 1 aliphatic rings. The van der Waals surface area contributed by atoms with E-state index in [2.05, 4.69) is 193 Å². The quantitative estimate of drug-likeness (QED) is 0.184. The van der Waals surface area contributed by atoms with E-state index in [1.54, 1.807) is 0 Å². The molecule has 0 spiro atoms. The third kappa shape index (κ3) is 6.51. The van der Waals surface area contributed by atoms with E-state index in [9.17, 15) is 5.11 Å². The fourth-order valence-corrected chi connectivity index (χ4v) is 8.96. The second-order valence-corrected chi connectivity index (χ2v) is 18.3. The molecule has 2 aromatic heterocycles. The highest BCUT2D eigenvalue weighted by Gasteiger charge is 2.40. The minimum absolute atomic E-state index is 0.0423. The van der Waals surface area contributed by atoms with E-state index in [1.807, 2.05) is 12.3 Å². The van der Waals surface area contributed by atoms with Crippen LogP contribution in [-0.4, -0.2) is 19.6 Å². The molecule has 0 aliphatic heterocycles. The van der Waals surface area contributed by atoms with E-state index < -0.39 is 0 Å². The SMILES string of the molecule is CC(C)(C)c1cc(-c2cc(-c3ccccc3)ccn2)cc(-c2cccc3c2nc(-c2ccc4c(c2O)C(C)(C)CCC4(C)C)n3-c2ccccc2-c2ccccc2)c1. The van der Waals surface area contributed by atoms with Gasteiger partial charge in [-0.15, -0.1) is 0 Å². The molecule has 9 rings (SSSR count). The average molecular weight is 758 g/mol. The molecular weight excluding hydrogens is 707 g/mol. The average Bonchev–Trinajstić information content (AvgIpc) is 3.62. The van der Waals surface area contributed by atoms with E-state index in [1.165, 1.54) is 11.1 Å². The van der Waals surface area contributed by atoms with Crippen molar-refractivity contribution in [3.63, 3.8) is 0 Å². The Bertz CT molecular complexity index is 2820. The van der Waals surface area contributed by atoms with Crippen molar-refractivity contribution in [1.82, 2.24) is 14.5 Å². The summed E-state index contributed by atoms with van der Waals surface area (Å²) in [5, 5.41) is 12.6. The number of hydrogen-bond acceptors (Lipinski definition) is 3. The first kappa shape index (κ1) is 37.3. The number of hydrogen-bond donors (Lipinski definition) is 1. The van der Waals surface area contributed by atoms with Crippen molar-refractivity contribution in [2.24, 2.45) is 0 Å². The zero-order valence-electron chi connectivity index (χ0n) is 34.6. The molecule has 0 saturated carbocycles. The molecule has 8 aromatic rings. The summed E-state index contributed by atoms with van der Waals surface area (Å²) in [5.74, 6) is 1.04. The molecule has 0 radical (unpaired) electrons. The smallest absolute Gasteiger partial charge is 0.149 e. The second-order valence-electron chi connectivity index (χ2n) is 18.3. The number of nitrogens with zero attached hydrogens (tertiary/aromatic N) is 3. The van der Waals surface area contributed by atoms with E-state index in [0.717, 1.165) is 91.2 Å². The number of fused-ring (bicyclic) bond motifs is 2. The lowest BCUT2D eigenvalue weighted by molar-refractivity contribution is 0.318. The van der Waals surface area contributed by atoms with E-state index in [4.69, 9.17) is 9.97 Å². The van der Waals surface area contributed by atoms with Crippen molar-refractivity contribution in [2.45, 2.75) is 77.6 Å². The monoisotopic (exact) mass is 757 g/mol. The first-order valence-corrected chi connectivity index (χ1v) is 20.5. The Balaban J connectivity index is 1.32. The number of imidazole rings is 1. The van der Waals surface area contributed by atoms with Crippen molar-refractivity contribution < 1.29 is 5.11 Å². The van der Waals surface area contributed by atoms with E-state index in [0.29, 0.717) is 5.75 Å². The first-order valence-electron chi connectivity index (χ1n) is 20.5. The van der Waals surface area contributed by atoms with Crippen LogP contribution in [0.2, 0.25) is 0 Å². The van der Waals surface area contributed by atoms with Crippen LogP contribution in [0.15, 0.2) is 152 Å². The van der Waals surface area contributed by atoms with Crippen LogP contribution in [0, 0.1) is 0 Å². The molecule has 4 nitrogen and oxygen atoms in total. The number of rotatable bonds is 6. The summed E-state index contributed by atoms with van der Waals surface area (Å²) in [7, 11) is 0. The Morgan fingerprint density at radius 2 is 1.22 bits per heavy atom. The fourth-order valence-electron chi connectivity index (χ4n) is 8.96. The standard InChI is InChI=1S/C54H51N3O/c1-52(2,3)40-32-38(31-39(33-40)45-34-37(27-30-55-45)35-17-10-8-11-18-35)42-22-16-24-47-49(42)56-51(57(47)46-23-15-14-21-41(46)36-19-12-9-13-20-36)43-25-26-44-48(50(43)58)54(6,7)29-28-53(44,4)5/h8-27,30-34,58H,28-29H2,1-7H3. The van der Waals surface area contributed by atoms with Gasteiger partial charge in [0.2, 0.25) is 0 Å². The van der Waals surface area contributed by atoms with E-state index in [-0.39, 0.29) is 16.2 Å². The van der Waals surface area contributed by atoms with Gasteiger partial charge in [0.1, 0.15) is 11.6 Å². The Morgan fingerprint density at radius 3 is 1.97 bits per heavy atom. The molecule has 1 N–H and O–H groups in total. The van der Waals surface area contributed by atoms with Crippen LogP contribution in [-0.2, 0) is 16.2 Å². The van der Waals surface area contributed by atoms with Crippen LogP contribution in [0.3, 0.4) is 0 Å². The molecule has 58 heavy (non-hydrogen) atoms. The lowest BCUT2D eigenvalue weighted by Gasteiger charge is -2.42.